The van der Waals surface area contributed by atoms with Crippen LogP contribution >= 0.6 is 34.2 Å². The van der Waals surface area contributed by atoms with Gasteiger partial charge in [0.05, 0.1) is 3.57 Å². The highest BCUT2D eigenvalue weighted by molar-refractivity contribution is 14.1. The first kappa shape index (κ1) is 10.7. The summed E-state index contributed by atoms with van der Waals surface area (Å²) in [6.45, 7) is 0. The number of rotatable bonds is 2. The van der Waals surface area contributed by atoms with Gasteiger partial charge in [-0.25, -0.2) is 4.98 Å². The van der Waals surface area contributed by atoms with Crippen molar-refractivity contribution in [3.05, 3.63) is 51.2 Å². The molecule has 0 saturated carbocycles. The van der Waals surface area contributed by atoms with E-state index in [1.54, 1.807) is 18.3 Å². The van der Waals surface area contributed by atoms with Gasteiger partial charge in [0.15, 0.2) is 0 Å². The molecule has 2 aromatic rings. The number of nitrogens with zero attached hydrogens (tertiary/aromatic N) is 1. The van der Waals surface area contributed by atoms with Crippen LogP contribution in [0.25, 0.3) is 0 Å². The topological polar surface area (TPSA) is 22.1 Å². The summed E-state index contributed by atoms with van der Waals surface area (Å²) in [5.74, 6) is 1.20. The number of para-hydroxylation sites is 1. The molecule has 0 aliphatic rings. The molecule has 0 unspecified atom stereocenters. The molecule has 2 rings (SSSR count). The fourth-order valence-electron chi connectivity index (χ4n) is 1.08. The molecule has 0 saturated heterocycles. The average Bonchev–Trinajstić information content (AvgIpc) is 2.24. The van der Waals surface area contributed by atoms with Crippen LogP contribution in [0.2, 0.25) is 5.02 Å². The normalized spacial score (nSPS) is 10.0. The van der Waals surface area contributed by atoms with Gasteiger partial charge in [-0.1, -0.05) is 23.7 Å². The summed E-state index contributed by atoms with van der Waals surface area (Å²) in [5.41, 5.74) is 0. The summed E-state index contributed by atoms with van der Waals surface area (Å²) in [6, 6.07) is 11.2. The number of ether oxygens (including phenoxy) is 1. The van der Waals surface area contributed by atoms with E-state index < -0.39 is 0 Å². The van der Waals surface area contributed by atoms with Crippen LogP contribution in [-0.2, 0) is 0 Å². The molecular weight excluding hydrogens is 324 g/mol. The van der Waals surface area contributed by atoms with Gasteiger partial charge in [0.25, 0.3) is 0 Å². The van der Waals surface area contributed by atoms with Crippen LogP contribution in [0.5, 0.6) is 11.6 Å². The molecule has 0 aliphatic heterocycles. The van der Waals surface area contributed by atoms with Crippen LogP contribution in [0, 0.1) is 3.57 Å². The van der Waals surface area contributed by atoms with Gasteiger partial charge in [-0.2, -0.15) is 0 Å². The number of hydrogen-bond donors (Lipinski definition) is 0. The number of benzene rings is 1. The highest BCUT2D eigenvalue weighted by atomic mass is 127. The van der Waals surface area contributed by atoms with Crippen LogP contribution in [0.1, 0.15) is 0 Å². The van der Waals surface area contributed by atoms with Gasteiger partial charge in [-0.05, 0) is 46.9 Å². The van der Waals surface area contributed by atoms with E-state index in [0.717, 1.165) is 9.32 Å². The maximum absolute atomic E-state index is 5.94. The predicted molar refractivity (Wildman–Crippen MR) is 68.5 cm³/mol. The lowest BCUT2D eigenvalue weighted by molar-refractivity contribution is 0.460. The minimum absolute atomic E-state index is 0.434. The lowest BCUT2D eigenvalue weighted by atomic mass is 10.3. The molecule has 1 aromatic carbocycles. The van der Waals surface area contributed by atoms with E-state index >= 15 is 0 Å². The molecule has 0 aliphatic carbocycles. The third kappa shape index (κ3) is 2.60. The van der Waals surface area contributed by atoms with Crippen molar-refractivity contribution < 1.29 is 4.74 Å². The summed E-state index contributed by atoms with van der Waals surface area (Å²) >= 11 is 8.14. The lowest BCUT2D eigenvalue weighted by Crippen LogP contribution is -1.90. The summed E-state index contributed by atoms with van der Waals surface area (Å²) in [7, 11) is 0. The fraction of sp³-hybridized carbons (Fsp3) is 0. The zero-order chi connectivity index (χ0) is 10.7. The standard InChI is InChI=1S/C11H7ClINO/c12-8-4-3-7-14-11(8)15-10-6-2-1-5-9(10)13/h1-7H. The SMILES string of the molecule is Clc1cccnc1Oc1ccccc1I. The first-order chi connectivity index (χ1) is 7.27. The Hall–Kier alpha value is -0.810. The zero-order valence-corrected chi connectivity index (χ0v) is 10.6. The van der Waals surface area contributed by atoms with Crippen molar-refractivity contribution in [3.8, 4) is 11.6 Å². The molecule has 76 valence electrons. The first-order valence-electron chi connectivity index (χ1n) is 4.30. The zero-order valence-electron chi connectivity index (χ0n) is 7.65. The molecule has 0 atom stereocenters. The fourth-order valence-corrected chi connectivity index (χ4v) is 1.74. The minimum Gasteiger partial charge on any atom is -0.436 e. The molecule has 0 amide bonds. The molecule has 0 N–H and O–H groups in total. The van der Waals surface area contributed by atoms with E-state index in [2.05, 4.69) is 27.6 Å². The van der Waals surface area contributed by atoms with Gasteiger partial charge in [-0.3, -0.25) is 0 Å². The second-order valence-electron chi connectivity index (χ2n) is 2.82. The van der Waals surface area contributed by atoms with Crippen LogP contribution in [-0.4, -0.2) is 4.98 Å². The van der Waals surface area contributed by atoms with Crippen molar-refractivity contribution in [1.29, 1.82) is 0 Å². The minimum atomic E-state index is 0.434. The van der Waals surface area contributed by atoms with Crippen LogP contribution in [0.4, 0.5) is 0 Å². The number of hydrogen-bond acceptors (Lipinski definition) is 2. The summed E-state index contributed by atoms with van der Waals surface area (Å²) in [5, 5.41) is 0.511. The molecule has 0 bridgehead atoms. The van der Waals surface area contributed by atoms with E-state index in [1.807, 2.05) is 24.3 Å². The van der Waals surface area contributed by atoms with E-state index in [1.165, 1.54) is 0 Å². The van der Waals surface area contributed by atoms with Crippen LogP contribution in [0.3, 0.4) is 0 Å². The maximum Gasteiger partial charge on any atom is 0.238 e. The van der Waals surface area contributed by atoms with E-state index in [0.29, 0.717) is 10.9 Å². The molecule has 4 heteroatoms. The van der Waals surface area contributed by atoms with Crippen molar-refractivity contribution >= 4 is 34.2 Å². The average molecular weight is 332 g/mol. The van der Waals surface area contributed by atoms with Crippen molar-refractivity contribution in [1.82, 2.24) is 4.98 Å². The van der Waals surface area contributed by atoms with E-state index in [9.17, 15) is 0 Å². The highest BCUT2D eigenvalue weighted by Gasteiger charge is 2.05. The van der Waals surface area contributed by atoms with Gasteiger partial charge in [0.1, 0.15) is 10.8 Å². The molecular formula is C11H7ClINO. The third-order valence-corrected chi connectivity index (χ3v) is 2.95. The first-order valence-corrected chi connectivity index (χ1v) is 5.76. The van der Waals surface area contributed by atoms with Crippen LogP contribution < -0.4 is 4.74 Å². The summed E-state index contributed by atoms with van der Waals surface area (Å²) < 4.78 is 6.61. The summed E-state index contributed by atoms with van der Waals surface area (Å²) in [4.78, 5) is 4.06. The second-order valence-corrected chi connectivity index (χ2v) is 4.39. The Balaban J connectivity index is 2.30. The third-order valence-electron chi connectivity index (χ3n) is 1.77. The predicted octanol–water partition coefficient (Wildman–Crippen LogP) is 4.13. The van der Waals surface area contributed by atoms with Crippen molar-refractivity contribution in [3.63, 3.8) is 0 Å². The second kappa shape index (κ2) is 4.81. The highest BCUT2D eigenvalue weighted by Crippen LogP contribution is 2.29. The molecule has 0 spiro atoms. The Morgan fingerprint density at radius 2 is 1.93 bits per heavy atom. The van der Waals surface area contributed by atoms with Crippen molar-refractivity contribution in [2.24, 2.45) is 0 Å². The Kier molecular flexibility index (Phi) is 3.43. The Morgan fingerprint density at radius 1 is 1.13 bits per heavy atom. The van der Waals surface area contributed by atoms with E-state index in [4.69, 9.17) is 16.3 Å². The number of aromatic nitrogens is 1. The molecule has 0 fully saturated rings. The van der Waals surface area contributed by atoms with E-state index in [-0.39, 0.29) is 0 Å². The van der Waals surface area contributed by atoms with Crippen molar-refractivity contribution in [2.75, 3.05) is 0 Å². The van der Waals surface area contributed by atoms with Gasteiger partial charge in [-0.15, -0.1) is 0 Å². The molecule has 15 heavy (non-hydrogen) atoms. The van der Waals surface area contributed by atoms with Gasteiger partial charge in [0.2, 0.25) is 5.88 Å². The Labute approximate surface area is 106 Å². The van der Waals surface area contributed by atoms with Crippen LogP contribution in [0.15, 0.2) is 42.6 Å². The number of pyridine rings is 1. The smallest absolute Gasteiger partial charge is 0.238 e. The van der Waals surface area contributed by atoms with Gasteiger partial charge < -0.3 is 4.74 Å². The van der Waals surface area contributed by atoms with Gasteiger partial charge >= 0.3 is 0 Å². The monoisotopic (exact) mass is 331 g/mol. The lowest BCUT2D eigenvalue weighted by Gasteiger charge is -2.07. The molecule has 1 heterocycles. The molecule has 0 radical (unpaired) electrons. The maximum atomic E-state index is 5.94. The summed E-state index contributed by atoms with van der Waals surface area (Å²) in [6.07, 6.45) is 1.65. The van der Waals surface area contributed by atoms with Crippen molar-refractivity contribution in [2.45, 2.75) is 0 Å². The Morgan fingerprint density at radius 3 is 2.67 bits per heavy atom. The molecule has 2 nitrogen and oxygen atoms in total. The number of halogens is 2. The Bertz CT molecular complexity index is 432. The van der Waals surface area contributed by atoms with Gasteiger partial charge in [0, 0.05) is 6.20 Å². The quantitative estimate of drug-likeness (QED) is 0.772. The largest absolute Gasteiger partial charge is 0.436 e. The molecule has 1 aromatic heterocycles.